The summed E-state index contributed by atoms with van der Waals surface area (Å²) in [6, 6.07) is 28.9. The van der Waals surface area contributed by atoms with Crippen LogP contribution in [0.15, 0.2) is 95.8 Å². The predicted octanol–water partition coefficient (Wildman–Crippen LogP) is 5.74. The smallest absolute Gasteiger partial charge is 0.275 e. The van der Waals surface area contributed by atoms with Crippen molar-refractivity contribution in [3.8, 4) is 22.6 Å². The number of nitrogens with zero attached hydrogens (tertiary/aromatic N) is 3. The molecule has 0 atom stereocenters. The zero-order valence-corrected chi connectivity index (χ0v) is 23.3. The summed E-state index contributed by atoms with van der Waals surface area (Å²) in [6.45, 7) is 0.789. The first-order valence-electron chi connectivity index (χ1n) is 13.4. The Hall–Kier alpha value is -4.62. The molecule has 206 valence electrons. The summed E-state index contributed by atoms with van der Waals surface area (Å²) in [5.74, 6) is 0.980. The topological polar surface area (TPSA) is 73.7 Å². The molecule has 1 aliphatic heterocycles. The number of hydrogen-bond donors (Lipinski definition) is 0. The number of methoxy groups -OCH3 is 1. The summed E-state index contributed by atoms with van der Waals surface area (Å²) in [6.07, 6.45) is 0.548. The number of carbonyl (C=O) groups is 1. The zero-order chi connectivity index (χ0) is 28.3. The van der Waals surface area contributed by atoms with Gasteiger partial charge in [-0.25, -0.2) is 4.68 Å². The number of ether oxygens (including phenoxy) is 2. The fourth-order valence-corrected chi connectivity index (χ4v) is 5.43. The molecule has 0 unspecified atom stereocenters. The van der Waals surface area contributed by atoms with Gasteiger partial charge in [-0.05, 0) is 47.0 Å². The number of halogens is 1. The van der Waals surface area contributed by atoms with Crippen molar-refractivity contribution in [2.75, 3.05) is 20.3 Å². The second kappa shape index (κ2) is 11.5. The summed E-state index contributed by atoms with van der Waals surface area (Å²) >= 11 is 6.24. The van der Waals surface area contributed by atoms with Gasteiger partial charge >= 0.3 is 0 Å². The number of fused-ring (bicyclic) bond motifs is 2. The van der Waals surface area contributed by atoms with Crippen molar-refractivity contribution < 1.29 is 14.3 Å². The Morgan fingerprint density at radius 1 is 0.951 bits per heavy atom. The second-order valence-corrected chi connectivity index (χ2v) is 10.4. The van der Waals surface area contributed by atoms with Gasteiger partial charge < -0.3 is 14.4 Å². The number of benzene rings is 4. The fraction of sp³-hybridized carbons (Fsp3) is 0.182. The monoisotopic (exact) mass is 565 g/mol. The van der Waals surface area contributed by atoms with Gasteiger partial charge in [0.2, 0.25) is 5.91 Å². The molecule has 1 aliphatic rings. The first-order chi connectivity index (χ1) is 20.0. The highest BCUT2D eigenvalue weighted by Crippen LogP contribution is 2.38. The molecule has 6 rings (SSSR count). The highest BCUT2D eigenvalue weighted by Gasteiger charge is 2.25. The van der Waals surface area contributed by atoms with E-state index < -0.39 is 0 Å². The highest BCUT2D eigenvalue weighted by molar-refractivity contribution is 6.30. The first kappa shape index (κ1) is 26.6. The van der Waals surface area contributed by atoms with Crippen LogP contribution in [0.3, 0.4) is 0 Å². The molecule has 0 aliphatic carbocycles. The molecule has 0 spiro atoms. The van der Waals surface area contributed by atoms with E-state index in [2.05, 4.69) is 5.10 Å². The van der Waals surface area contributed by atoms with E-state index in [1.807, 2.05) is 84.9 Å². The summed E-state index contributed by atoms with van der Waals surface area (Å²) in [4.78, 5) is 28.8. The Bertz CT molecular complexity index is 1800. The van der Waals surface area contributed by atoms with E-state index in [1.165, 1.54) is 4.68 Å². The van der Waals surface area contributed by atoms with Crippen LogP contribution < -0.4 is 15.0 Å². The van der Waals surface area contributed by atoms with Crippen LogP contribution >= 0.6 is 11.6 Å². The third-order valence-electron chi connectivity index (χ3n) is 7.27. The van der Waals surface area contributed by atoms with Gasteiger partial charge in [0, 0.05) is 28.9 Å². The van der Waals surface area contributed by atoms with Crippen molar-refractivity contribution >= 4 is 28.3 Å². The second-order valence-electron chi connectivity index (χ2n) is 9.96. The van der Waals surface area contributed by atoms with Gasteiger partial charge in [0.25, 0.3) is 5.56 Å². The van der Waals surface area contributed by atoms with Crippen molar-refractivity contribution in [3.05, 3.63) is 123 Å². The van der Waals surface area contributed by atoms with Gasteiger partial charge in [-0.1, -0.05) is 72.3 Å². The van der Waals surface area contributed by atoms with Crippen LogP contribution in [0.25, 0.3) is 21.9 Å². The molecule has 41 heavy (non-hydrogen) atoms. The van der Waals surface area contributed by atoms with E-state index in [4.69, 9.17) is 21.1 Å². The maximum absolute atomic E-state index is 13.7. The minimum absolute atomic E-state index is 0.175. The Morgan fingerprint density at radius 3 is 2.51 bits per heavy atom. The number of hydrogen-bond acceptors (Lipinski definition) is 5. The lowest BCUT2D eigenvalue weighted by Gasteiger charge is -2.21. The molecule has 0 N–H and O–H groups in total. The molecule has 0 radical (unpaired) electrons. The van der Waals surface area contributed by atoms with Gasteiger partial charge in [0.05, 0.1) is 24.7 Å². The average Bonchev–Trinajstić information content (AvgIpc) is 3.22. The minimum atomic E-state index is -0.290. The van der Waals surface area contributed by atoms with E-state index in [1.54, 1.807) is 18.1 Å². The van der Waals surface area contributed by atoms with Crippen molar-refractivity contribution in [3.63, 3.8) is 0 Å². The summed E-state index contributed by atoms with van der Waals surface area (Å²) < 4.78 is 13.0. The maximum Gasteiger partial charge on any atom is 0.275 e. The highest BCUT2D eigenvalue weighted by atomic mass is 35.5. The zero-order valence-electron chi connectivity index (χ0n) is 22.5. The normalized spacial score (nSPS) is 12.9. The van der Waals surface area contributed by atoms with Crippen LogP contribution in [0.4, 0.5) is 0 Å². The summed E-state index contributed by atoms with van der Waals surface area (Å²) in [5.41, 5.74) is 4.18. The van der Waals surface area contributed by atoms with Gasteiger partial charge in [-0.15, -0.1) is 0 Å². The number of rotatable bonds is 6. The number of carbonyl (C=O) groups excluding carboxylic acids is 1. The first-order valence-corrected chi connectivity index (χ1v) is 13.8. The molecule has 7 nitrogen and oxygen atoms in total. The number of aromatic nitrogens is 2. The lowest BCUT2D eigenvalue weighted by Crippen LogP contribution is -2.38. The molecule has 0 bridgehead atoms. The minimum Gasteiger partial charge on any atom is -0.493 e. The van der Waals surface area contributed by atoms with Gasteiger partial charge in [-0.3, -0.25) is 9.59 Å². The van der Waals surface area contributed by atoms with Gasteiger partial charge in [-0.2, -0.15) is 5.10 Å². The molecule has 1 aromatic heterocycles. The predicted molar refractivity (Wildman–Crippen MR) is 160 cm³/mol. The SMILES string of the molecule is COc1cc(-c2cccc(Cl)c2)cc2c1OCCN(C(=O)Cn1nc(Cc3ccccc3)c3ccccc3c1=O)C2. The molecular weight excluding hydrogens is 538 g/mol. The van der Waals surface area contributed by atoms with E-state index in [9.17, 15) is 9.59 Å². The molecule has 2 heterocycles. The van der Waals surface area contributed by atoms with Crippen molar-refractivity contribution in [2.45, 2.75) is 19.5 Å². The van der Waals surface area contributed by atoms with Crippen molar-refractivity contribution in [1.29, 1.82) is 0 Å². The maximum atomic E-state index is 13.7. The van der Waals surface area contributed by atoms with E-state index in [0.717, 1.165) is 33.3 Å². The van der Waals surface area contributed by atoms with Crippen LogP contribution in [0, 0.1) is 0 Å². The Labute approximate surface area is 242 Å². The number of amides is 1. The van der Waals surface area contributed by atoms with Crippen molar-refractivity contribution in [1.82, 2.24) is 14.7 Å². The van der Waals surface area contributed by atoms with Crippen LogP contribution in [-0.4, -0.2) is 40.8 Å². The fourth-order valence-electron chi connectivity index (χ4n) is 5.24. The Balaban J connectivity index is 1.32. The molecule has 0 saturated heterocycles. The van der Waals surface area contributed by atoms with Gasteiger partial charge in [0.15, 0.2) is 11.5 Å². The molecule has 4 aromatic carbocycles. The average molecular weight is 566 g/mol. The molecule has 8 heteroatoms. The third-order valence-corrected chi connectivity index (χ3v) is 7.51. The quantitative estimate of drug-likeness (QED) is 0.263. The molecule has 1 amide bonds. The molecular formula is C33H28ClN3O4. The summed E-state index contributed by atoms with van der Waals surface area (Å²) in [7, 11) is 1.60. The van der Waals surface area contributed by atoms with E-state index >= 15 is 0 Å². The van der Waals surface area contributed by atoms with E-state index in [0.29, 0.717) is 48.0 Å². The van der Waals surface area contributed by atoms with Crippen LogP contribution in [0.2, 0.25) is 5.02 Å². The van der Waals surface area contributed by atoms with Crippen LogP contribution in [0.1, 0.15) is 16.8 Å². The van der Waals surface area contributed by atoms with Crippen molar-refractivity contribution in [2.24, 2.45) is 0 Å². The van der Waals surface area contributed by atoms with Crippen LogP contribution in [0.5, 0.6) is 11.5 Å². The van der Waals surface area contributed by atoms with E-state index in [-0.39, 0.29) is 18.0 Å². The largest absolute Gasteiger partial charge is 0.493 e. The Kier molecular flexibility index (Phi) is 7.44. The third kappa shape index (κ3) is 5.54. The lowest BCUT2D eigenvalue weighted by molar-refractivity contribution is -0.132. The summed E-state index contributed by atoms with van der Waals surface area (Å²) in [5, 5.41) is 6.65. The standard InChI is InChI=1S/C33H28ClN3O4/c1-40-30-19-24(23-10-7-11-26(34)18-23)17-25-20-36(14-15-41-32(25)30)31(38)21-37-33(39)28-13-6-5-12-27(28)29(35-37)16-22-8-3-2-4-9-22/h2-13,17-19H,14-16,20-21H2,1H3. The molecule has 5 aromatic rings. The molecule has 0 fully saturated rings. The molecule has 0 saturated carbocycles. The lowest BCUT2D eigenvalue weighted by atomic mass is 10.0. The van der Waals surface area contributed by atoms with Crippen LogP contribution in [-0.2, 0) is 24.3 Å². The van der Waals surface area contributed by atoms with Gasteiger partial charge in [0.1, 0.15) is 13.2 Å². The Morgan fingerprint density at radius 2 is 1.73 bits per heavy atom.